The van der Waals surface area contributed by atoms with Gasteiger partial charge in [0, 0.05) is 17.5 Å². The van der Waals surface area contributed by atoms with Crippen LogP contribution in [0.2, 0.25) is 0 Å². The first-order valence-electron chi connectivity index (χ1n) is 7.15. The molecule has 1 aliphatic carbocycles. The third-order valence-corrected chi connectivity index (χ3v) is 4.29. The largest absolute Gasteiger partial charge is 0.379 e. The summed E-state index contributed by atoms with van der Waals surface area (Å²) in [4.78, 5) is 1.51. The number of hydrogen-bond donors (Lipinski definition) is 1. The molecule has 1 atom stereocenters. The summed E-state index contributed by atoms with van der Waals surface area (Å²) in [5.41, 5.74) is 0. The van der Waals surface area contributed by atoms with E-state index in [-0.39, 0.29) is 0 Å². The summed E-state index contributed by atoms with van der Waals surface area (Å²) in [7, 11) is 0. The van der Waals surface area contributed by atoms with Crippen molar-refractivity contribution in [3.8, 4) is 0 Å². The molecule has 1 aromatic rings. The highest BCUT2D eigenvalue weighted by Gasteiger charge is 2.32. The lowest BCUT2D eigenvalue weighted by Crippen LogP contribution is -2.23. The third-order valence-electron chi connectivity index (χ3n) is 3.33. The number of thiophene rings is 1. The number of rotatable bonds is 9. The first-order chi connectivity index (χ1) is 8.77. The van der Waals surface area contributed by atoms with Gasteiger partial charge in [-0.2, -0.15) is 0 Å². The van der Waals surface area contributed by atoms with Crippen molar-refractivity contribution < 1.29 is 4.74 Å². The van der Waals surface area contributed by atoms with Crippen LogP contribution >= 0.6 is 11.3 Å². The van der Waals surface area contributed by atoms with Gasteiger partial charge in [0.25, 0.3) is 0 Å². The zero-order valence-corrected chi connectivity index (χ0v) is 12.3. The fourth-order valence-electron chi connectivity index (χ4n) is 2.20. The average molecular weight is 267 g/mol. The highest BCUT2D eigenvalue weighted by atomic mass is 32.1. The molecule has 3 heteroatoms. The first-order valence-corrected chi connectivity index (χ1v) is 8.03. The van der Waals surface area contributed by atoms with Gasteiger partial charge < -0.3 is 10.1 Å². The van der Waals surface area contributed by atoms with Crippen molar-refractivity contribution in [1.82, 2.24) is 5.32 Å². The second-order valence-corrected chi connectivity index (χ2v) is 6.39. The Morgan fingerprint density at radius 1 is 1.39 bits per heavy atom. The second-order valence-electron chi connectivity index (χ2n) is 5.41. The van der Waals surface area contributed by atoms with E-state index in [2.05, 4.69) is 36.7 Å². The molecular weight excluding hydrogens is 242 g/mol. The normalized spacial score (nSPS) is 17.3. The molecule has 0 saturated heterocycles. The maximum Gasteiger partial charge on any atom is 0.0518 e. The van der Waals surface area contributed by atoms with Gasteiger partial charge in [-0.25, -0.2) is 0 Å². The summed E-state index contributed by atoms with van der Waals surface area (Å²) < 4.78 is 5.56. The van der Waals surface area contributed by atoms with Crippen LogP contribution in [0.1, 0.15) is 50.4 Å². The van der Waals surface area contributed by atoms with Gasteiger partial charge in [0.1, 0.15) is 0 Å². The molecule has 1 aromatic heterocycles. The zero-order chi connectivity index (χ0) is 12.8. The van der Waals surface area contributed by atoms with Gasteiger partial charge in [-0.3, -0.25) is 0 Å². The van der Waals surface area contributed by atoms with Crippen LogP contribution in [0.25, 0.3) is 0 Å². The molecule has 1 heterocycles. The van der Waals surface area contributed by atoms with Gasteiger partial charge >= 0.3 is 0 Å². The molecular formula is C15H25NOS. The van der Waals surface area contributed by atoms with E-state index < -0.39 is 0 Å². The molecule has 0 spiro atoms. The first kappa shape index (κ1) is 14.0. The molecule has 1 unspecified atom stereocenters. The fourth-order valence-corrected chi connectivity index (χ4v) is 3.09. The van der Waals surface area contributed by atoms with Gasteiger partial charge in [0.2, 0.25) is 0 Å². The van der Waals surface area contributed by atoms with Crippen molar-refractivity contribution in [1.29, 1.82) is 0 Å². The van der Waals surface area contributed by atoms with E-state index in [0.29, 0.717) is 12.1 Å². The molecule has 102 valence electrons. The van der Waals surface area contributed by atoms with Crippen molar-refractivity contribution in [2.45, 2.75) is 51.7 Å². The summed E-state index contributed by atoms with van der Waals surface area (Å²) in [6.07, 6.45) is 5.52. The van der Waals surface area contributed by atoms with Gasteiger partial charge in [-0.05, 0) is 63.4 Å². The van der Waals surface area contributed by atoms with Crippen molar-refractivity contribution in [2.75, 3.05) is 13.2 Å². The van der Waals surface area contributed by atoms with Crippen LogP contribution in [0.3, 0.4) is 0 Å². The summed E-state index contributed by atoms with van der Waals surface area (Å²) >= 11 is 1.88. The lowest BCUT2D eigenvalue weighted by Gasteiger charge is -2.17. The van der Waals surface area contributed by atoms with Crippen LogP contribution in [0.15, 0.2) is 17.5 Å². The molecule has 1 aliphatic rings. The summed E-state index contributed by atoms with van der Waals surface area (Å²) in [5, 5.41) is 5.91. The molecule has 2 rings (SSSR count). The Morgan fingerprint density at radius 2 is 2.22 bits per heavy atom. The summed E-state index contributed by atoms with van der Waals surface area (Å²) in [6, 6.07) is 5.03. The quantitative estimate of drug-likeness (QED) is 0.683. The maximum absolute atomic E-state index is 5.56. The lowest BCUT2D eigenvalue weighted by atomic mass is 10.1. The number of hydrogen-bond acceptors (Lipinski definition) is 3. The lowest BCUT2D eigenvalue weighted by molar-refractivity contribution is 0.0759. The van der Waals surface area contributed by atoms with E-state index in [4.69, 9.17) is 4.74 Å². The van der Waals surface area contributed by atoms with Gasteiger partial charge in [-0.15, -0.1) is 11.3 Å². The van der Waals surface area contributed by atoms with Gasteiger partial charge in [0.15, 0.2) is 0 Å². The van der Waals surface area contributed by atoms with Crippen molar-refractivity contribution in [3.05, 3.63) is 22.4 Å². The van der Waals surface area contributed by atoms with E-state index in [9.17, 15) is 0 Å². The van der Waals surface area contributed by atoms with E-state index in [0.717, 1.165) is 25.5 Å². The Hall–Kier alpha value is -0.380. The predicted octanol–water partition coefficient (Wildman–Crippen LogP) is 3.99. The predicted molar refractivity (Wildman–Crippen MR) is 78.1 cm³/mol. The molecule has 1 N–H and O–H groups in total. The van der Waals surface area contributed by atoms with Crippen LogP contribution in [-0.4, -0.2) is 19.3 Å². The van der Waals surface area contributed by atoms with Crippen molar-refractivity contribution in [3.63, 3.8) is 0 Å². The highest BCUT2D eigenvalue weighted by Crippen LogP contribution is 2.42. The Kier molecular flexibility index (Phi) is 5.67. The van der Waals surface area contributed by atoms with Gasteiger partial charge in [-0.1, -0.05) is 6.07 Å². The Balaban J connectivity index is 1.62. The zero-order valence-electron chi connectivity index (χ0n) is 11.5. The summed E-state index contributed by atoms with van der Waals surface area (Å²) in [6.45, 7) is 6.20. The van der Waals surface area contributed by atoms with Crippen LogP contribution < -0.4 is 5.32 Å². The number of nitrogens with one attached hydrogen (secondary N) is 1. The number of ether oxygens (including phenoxy) is 1. The van der Waals surface area contributed by atoms with Crippen molar-refractivity contribution >= 4 is 11.3 Å². The molecule has 1 saturated carbocycles. The van der Waals surface area contributed by atoms with E-state index in [1.807, 2.05) is 11.3 Å². The van der Waals surface area contributed by atoms with Crippen LogP contribution in [0, 0.1) is 5.92 Å². The SMILES string of the molecule is CC(C)OCCCCNC(c1cccs1)C1CC1. The maximum atomic E-state index is 5.56. The highest BCUT2D eigenvalue weighted by molar-refractivity contribution is 7.10. The molecule has 2 nitrogen and oxygen atoms in total. The van der Waals surface area contributed by atoms with Gasteiger partial charge in [0.05, 0.1) is 6.10 Å². The van der Waals surface area contributed by atoms with Crippen molar-refractivity contribution in [2.24, 2.45) is 5.92 Å². The minimum absolute atomic E-state index is 0.364. The standard InChI is InChI=1S/C15H25NOS/c1-12(2)17-10-4-3-9-16-15(13-7-8-13)14-6-5-11-18-14/h5-6,11-13,15-16H,3-4,7-10H2,1-2H3. The second kappa shape index (κ2) is 7.27. The molecule has 0 aromatic carbocycles. The molecule has 0 bridgehead atoms. The van der Waals surface area contributed by atoms with E-state index in [1.54, 1.807) is 0 Å². The topological polar surface area (TPSA) is 21.3 Å². The Labute approximate surface area is 115 Å². The van der Waals surface area contributed by atoms with Crippen LogP contribution in [-0.2, 0) is 4.74 Å². The molecule has 1 fully saturated rings. The third kappa shape index (κ3) is 4.71. The average Bonchev–Trinajstić information content (AvgIpc) is 3.02. The summed E-state index contributed by atoms with van der Waals surface area (Å²) in [5.74, 6) is 0.885. The van der Waals surface area contributed by atoms with E-state index in [1.165, 1.54) is 24.1 Å². The molecule has 18 heavy (non-hydrogen) atoms. The Bertz CT molecular complexity index is 319. The Morgan fingerprint density at radius 3 is 2.83 bits per heavy atom. The fraction of sp³-hybridized carbons (Fsp3) is 0.733. The van der Waals surface area contributed by atoms with E-state index >= 15 is 0 Å². The molecule has 0 amide bonds. The van der Waals surface area contributed by atoms with Crippen LogP contribution in [0.4, 0.5) is 0 Å². The number of unbranched alkanes of at least 4 members (excludes halogenated alkanes) is 1. The molecule has 0 aliphatic heterocycles. The molecule has 0 radical (unpaired) electrons. The minimum atomic E-state index is 0.364. The monoisotopic (exact) mass is 267 g/mol. The smallest absolute Gasteiger partial charge is 0.0518 e. The van der Waals surface area contributed by atoms with Crippen LogP contribution in [0.5, 0.6) is 0 Å². The minimum Gasteiger partial charge on any atom is -0.379 e.